The predicted octanol–water partition coefficient (Wildman–Crippen LogP) is 0.320. The number of aliphatic hydroxyl groups is 1. The summed E-state index contributed by atoms with van der Waals surface area (Å²) in [6, 6.07) is 0. The first-order chi connectivity index (χ1) is 7.76. The van der Waals surface area contributed by atoms with Gasteiger partial charge in [0.25, 0.3) is 0 Å². The van der Waals surface area contributed by atoms with Crippen molar-refractivity contribution in [1.29, 1.82) is 0 Å². The molecule has 0 fully saturated rings. The van der Waals surface area contributed by atoms with Gasteiger partial charge in [-0.2, -0.15) is 18.3 Å². The molecule has 0 aliphatic carbocycles. The Morgan fingerprint density at radius 3 is 2.71 bits per heavy atom. The first-order valence-electron chi connectivity index (χ1n) is 4.97. The van der Waals surface area contributed by atoms with Gasteiger partial charge in [0.05, 0.1) is 31.1 Å². The van der Waals surface area contributed by atoms with Crippen LogP contribution in [0.3, 0.4) is 0 Å². The van der Waals surface area contributed by atoms with E-state index in [1.54, 1.807) is 0 Å². The number of nitrogens with zero attached hydrogens (tertiary/aromatic N) is 3. The Morgan fingerprint density at radius 1 is 1.59 bits per heavy atom. The second kappa shape index (κ2) is 5.37. The molecule has 0 radical (unpaired) electrons. The SMILES string of the molecule is CN(CC(O)Cn1cc(N)cn1)CC(F)(F)F. The van der Waals surface area contributed by atoms with E-state index in [4.69, 9.17) is 5.73 Å². The number of hydrogen-bond acceptors (Lipinski definition) is 4. The van der Waals surface area contributed by atoms with Crippen LogP contribution in [0.4, 0.5) is 18.9 Å². The number of anilines is 1. The first kappa shape index (κ1) is 13.8. The quantitative estimate of drug-likeness (QED) is 0.792. The van der Waals surface area contributed by atoms with Crippen LogP contribution < -0.4 is 5.73 Å². The normalized spacial score (nSPS) is 14.2. The summed E-state index contributed by atoms with van der Waals surface area (Å²) < 4.78 is 37.5. The van der Waals surface area contributed by atoms with Crippen LogP contribution in [0.2, 0.25) is 0 Å². The van der Waals surface area contributed by atoms with Gasteiger partial charge in [0.2, 0.25) is 0 Å². The number of rotatable bonds is 5. The number of aliphatic hydroxyl groups excluding tert-OH is 1. The fourth-order valence-electron chi connectivity index (χ4n) is 1.48. The van der Waals surface area contributed by atoms with Gasteiger partial charge in [-0.3, -0.25) is 9.58 Å². The summed E-state index contributed by atoms with van der Waals surface area (Å²) in [4.78, 5) is 1.01. The minimum atomic E-state index is -4.26. The van der Waals surface area contributed by atoms with E-state index >= 15 is 0 Å². The van der Waals surface area contributed by atoms with Gasteiger partial charge < -0.3 is 10.8 Å². The van der Waals surface area contributed by atoms with Gasteiger partial charge in [0.15, 0.2) is 0 Å². The average Bonchev–Trinajstić information content (AvgIpc) is 2.46. The lowest BCUT2D eigenvalue weighted by Crippen LogP contribution is -2.38. The highest BCUT2D eigenvalue weighted by molar-refractivity contribution is 5.30. The summed E-state index contributed by atoms with van der Waals surface area (Å²) in [6.07, 6.45) is -2.27. The summed E-state index contributed by atoms with van der Waals surface area (Å²) in [5.74, 6) is 0. The molecule has 5 nitrogen and oxygen atoms in total. The lowest BCUT2D eigenvalue weighted by molar-refractivity contribution is -0.145. The van der Waals surface area contributed by atoms with E-state index in [0.29, 0.717) is 5.69 Å². The van der Waals surface area contributed by atoms with E-state index in [1.165, 1.54) is 24.1 Å². The van der Waals surface area contributed by atoms with Crippen LogP contribution in [0.5, 0.6) is 0 Å². The first-order valence-corrected chi connectivity index (χ1v) is 4.97. The standard InChI is InChI=1S/C9H15F3N4O/c1-15(6-9(10,11)12)4-8(17)5-16-3-7(13)2-14-16/h2-3,8,17H,4-6,13H2,1H3. The smallest absolute Gasteiger partial charge is 0.396 e. The lowest BCUT2D eigenvalue weighted by Gasteiger charge is -2.21. The van der Waals surface area contributed by atoms with Gasteiger partial charge in [-0.1, -0.05) is 0 Å². The third-order valence-electron chi connectivity index (χ3n) is 2.02. The number of alkyl halides is 3. The van der Waals surface area contributed by atoms with Crippen LogP contribution in [-0.4, -0.2) is 52.2 Å². The van der Waals surface area contributed by atoms with Crippen LogP contribution in [-0.2, 0) is 6.54 Å². The van der Waals surface area contributed by atoms with Crippen molar-refractivity contribution in [1.82, 2.24) is 14.7 Å². The van der Waals surface area contributed by atoms with Crippen molar-refractivity contribution >= 4 is 5.69 Å². The molecular formula is C9H15F3N4O. The Bertz CT molecular complexity index is 352. The van der Waals surface area contributed by atoms with Crippen molar-refractivity contribution in [3.8, 4) is 0 Å². The highest BCUT2D eigenvalue weighted by Crippen LogP contribution is 2.15. The van der Waals surface area contributed by atoms with Crippen molar-refractivity contribution in [2.24, 2.45) is 0 Å². The van der Waals surface area contributed by atoms with Gasteiger partial charge in [-0.15, -0.1) is 0 Å². The summed E-state index contributed by atoms with van der Waals surface area (Å²) in [7, 11) is 1.30. The minimum absolute atomic E-state index is 0.0841. The van der Waals surface area contributed by atoms with Crippen LogP contribution >= 0.6 is 0 Å². The molecule has 98 valence electrons. The molecule has 0 amide bonds. The molecule has 0 aliphatic heterocycles. The van der Waals surface area contributed by atoms with Gasteiger partial charge in [-0.05, 0) is 7.05 Å². The van der Waals surface area contributed by atoms with Crippen molar-refractivity contribution in [3.05, 3.63) is 12.4 Å². The highest BCUT2D eigenvalue weighted by atomic mass is 19.4. The van der Waals surface area contributed by atoms with Crippen molar-refractivity contribution in [2.75, 3.05) is 25.9 Å². The van der Waals surface area contributed by atoms with Crippen molar-refractivity contribution in [2.45, 2.75) is 18.8 Å². The second-order valence-electron chi connectivity index (χ2n) is 3.96. The molecule has 1 aromatic rings. The summed E-state index contributed by atoms with van der Waals surface area (Å²) in [6.45, 7) is -1.02. The fourth-order valence-corrected chi connectivity index (χ4v) is 1.48. The zero-order valence-corrected chi connectivity index (χ0v) is 9.35. The minimum Gasteiger partial charge on any atom is -0.396 e. The van der Waals surface area contributed by atoms with E-state index in [9.17, 15) is 18.3 Å². The number of nitrogens with two attached hydrogens (primary N) is 1. The molecule has 0 aliphatic rings. The van der Waals surface area contributed by atoms with Crippen molar-refractivity contribution in [3.63, 3.8) is 0 Å². The largest absolute Gasteiger partial charge is 0.401 e. The maximum Gasteiger partial charge on any atom is 0.401 e. The highest BCUT2D eigenvalue weighted by Gasteiger charge is 2.29. The second-order valence-corrected chi connectivity index (χ2v) is 3.96. The molecule has 3 N–H and O–H groups in total. The summed E-state index contributed by atoms with van der Waals surface area (Å²) in [5, 5.41) is 13.4. The van der Waals surface area contributed by atoms with Gasteiger partial charge in [0.1, 0.15) is 0 Å². The van der Waals surface area contributed by atoms with Crippen LogP contribution in [0.15, 0.2) is 12.4 Å². The van der Waals surface area contributed by atoms with Gasteiger partial charge >= 0.3 is 6.18 Å². The van der Waals surface area contributed by atoms with Crippen LogP contribution in [0.1, 0.15) is 0 Å². The number of aromatic nitrogens is 2. The predicted molar refractivity (Wildman–Crippen MR) is 56.2 cm³/mol. The maximum atomic E-state index is 12.0. The van der Waals surface area contributed by atoms with E-state index in [-0.39, 0.29) is 13.1 Å². The van der Waals surface area contributed by atoms with Crippen LogP contribution in [0.25, 0.3) is 0 Å². The lowest BCUT2D eigenvalue weighted by atomic mass is 10.3. The van der Waals surface area contributed by atoms with Crippen LogP contribution in [0, 0.1) is 0 Å². The monoisotopic (exact) mass is 252 g/mol. The van der Waals surface area contributed by atoms with E-state index in [2.05, 4.69) is 5.10 Å². The molecular weight excluding hydrogens is 237 g/mol. The number of hydrogen-bond donors (Lipinski definition) is 2. The Morgan fingerprint density at radius 2 is 2.24 bits per heavy atom. The zero-order valence-electron chi connectivity index (χ0n) is 9.35. The summed E-state index contributed by atoms with van der Waals surface area (Å²) in [5.41, 5.74) is 5.86. The van der Waals surface area contributed by atoms with Gasteiger partial charge in [-0.25, -0.2) is 0 Å². The molecule has 1 unspecified atom stereocenters. The topological polar surface area (TPSA) is 67.3 Å². The average molecular weight is 252 g/mol. The molecule has 0 spiro atoms. The molecule has 0 aromatic carbocycles. The number of nitrogen functional groups attached to an aromatic ring is 1. The molecule has 0 bridgehead atoms. The van der Waals surface area contributed by atoms with E-state index in [1.807, 2.05) is 0 Å². The number of halogens is 3. The Hall–Kier alpha value is -1.28. The molecule has 1 rings (SSSR count). The molecule has 17 heavy (non-hydrogen) atoms. The fraction of sp³-hybridized carbons (Fsp3) is 0.667. The molecule has 0 saturated heterocycles. The molecule has 1 atom stereocenters. The molecule has 0 saturated carbocycles. The number of likely N-dealkylation sites (N-methyl/N-ethyl adjacent to an activating group) is 1. The zero-order chi connectivity index (χ0) is 13.1. The van der Waals surface area contributed by atoms with Crippen molar-refractivity contribution < 1.29 is 18.3 Å². The van der Waals surface area contributed by atoms with E-state index in [0.717, 1.165) is 4.90 Å². The summed E-state index contributed by atoms with van der Waals surface area (Å²) >= 11 is 0. The molecule has 1 aromatic heterocycles. The molecule has 1 heterocycles. The third kappa shape index (κ3) is 5.55. The maximum absolute atomic E-state index is 12.0. The van der Waals surface area contributed by atoms with Gasteiger partial charge in [0, 0.05) is 12.7 Å². The van der Waals surface area contributed by atoms with E-state index < -0.39 is 18.8 Å². The Balaban J connectivity index is 2.36. The Kier molecular flexibility index (Phi) is 4.35. The Labute approximate surface area is 96.6 Å². The third-order valence-corrected chi connectivity index (χ3v) is 2.02. The molecule has 8 heteroatoms.